The number of rotatable bonds is 6. The largest absolute Gasteiger partial charge is 0.325 e. The van der Waals surface area contributed by atoms with Crippen molar-refractivity contribution < 1.29 is 4.79 Å². The Kier molecular flexibility index (Phi) is 6.67. The van der Waals surface area contributed by atoms with Gasteiger partial charge in [-0.15, -0.1) is 11.3 Å². The maximum atomic E-state index is 12.5. The monoisotopic (exact) mass is 494 g/mol. The molecule has 0 aliphatic heterocycles. The van der Waals surface area contributed by atoms with Crippen LogP contribution in [0.5, 0.6) is 0 Å². The predicted octanol–water partition coefficient (Wildman–Crippen LogP) is 7.28. The second-order valence-electron chi connectivity index (χ2n) is 6.69. The van der Waals surface area contributed by atoms with Crippen LogP contribution in [0.25, 0.3) is 21.7 Å². The number of benzene rings is 3. The van der Waals surface area contributed by atoms with Crippen molar-refractivity contribution in [1.29, 1.82) is 0 Å². The van der Waals surface area contributed by atoms with E-state index in [1.165, 1.54) is 11.8 Å². The maximum Gasteiger partial charge on any atom is 0.234 e. The second-order valence-corrected chi connectivity index (χ2v) is 9.82. The van der Waals surface area contributed by atoms with Gasteiger partial charge in [0.2, 0.25) is 5.91 Å². The van der Waals surface area contributed by atoms with Gasteiger partial charge in [0.15, 0.2) is 4.34 Å². The SMILES string of the molecule is Cc1cc(Br)ccc1NC(=O)CSc1nc(-c2ccccc2)c(-c2ccccc2)s1. The number of carbonyl (C=O) groups is 1. The third kappa shape index (κ3) is 5.01. The molecule has 1 aromatic heterocycles. The number of halogens is 1. The Bertz CT molecular complexity index is 1100. The van der Waals surface area contributed by atoms with E-state index < -0.39 is 0 Å². The van der Waals surface area contributed by atoms with Crippen molar-refractivity contribution in [2.75, 3.05) is 11.1 Å². The molecule has 4 rings (SSSR count). The molecule has 30 heavy (non-hydrogen) atoms. The van der Waals surface area contributed by atoms with Crippen LogP contribution in [0.3, 0.4) is 0 Å². The normalized spacial score (nSPS) is 10.7. The Morgan fingerprint density at radius 3 is 2.33 bits per heavy atom. The average molecular weight is 495 g/mol. The first-order chi connectivity index (χ1) is 14.6. The minimum absolute atomic E-state index is 0.0388. The number of nitrogens with one attached hydrogen (secondary N) is 1. The summed E-state index contributed by atoms with van der Waals surface area (Å²) in [6, 6.07) is 26.3. The van der Waals surface area contributed by atoms with E-state index in [0.29, 0.717) is 5.75 Å². The van der Waals surface area contributed by atoms with Gasteiger partial charge < -0.3 is 5.32 Å². The Labute approximate surface area is 192 Å². The summed E-state index contributed by atoms with van der Waals surface area (Å²) in [7, 11) is 0. The van der Waals surface area contributed by atoms with E-state index >= 15 is 0 Å². The van der Waals surface area contributed by atoms with Gasteiger partial charge in [-0.2, -0.15) is 0 Å². The average Bonchev–Trinajstić information content (AvgIpc) is 3.20. The molecule has 0 spiro atoms. The third-order valence-electron chi connectivity index (χ3n) is 4.48. The molecule has 1 N–H and O–H groups in total. The van der Waals surface area contributed by atoms with Crippen molar-refractivity contribution in [1.82, 2.24) is 4.98 Å². The summed E-state index contributed by atoms with van der Waals surface area (Å²) >= 11 is 6.54. The molecule has 1 heterocycles. The molecule has 0 unspecified atom stereocenters. The highest BCUT2D eigenvalue weighted by Crippen LogP contribution is 2.40. The highest BCUT2D eigenvalue weighted by Gasteiger charge is 2.16. The van der Waals surface area contributed by atoms with Gasteiger partial charge in [0, 0.05) is 15.7 Å². The van der Waals surface area contributed by atoms with Crippen LogP contribution in [-0.2, 0) is 4.79 Å². The standard InChI is InChI=1S/C24H19BrN2OS2/c1-16-14-19(25)12-13-20(16)26-21(28)15-29-24-27-22(17-8-4-2-5-9-17)23(30-24)18-10-6-3-7-11-18/h2-14H,15H2,1H3,(H,26,28). The lowest BCUT2D eigenvalue weighted by Crippen LogP contribution is -2.14. The van der Waals surface area contributed by atoms with Crippen LogP contribution in [0.4, 0.5) is 5.69 Å². The summed E-state index contributed by atoms with van der Waals surface area (Å²) in [4.78, 5) is 18.5. The van der Waals surface area contributed by atoms with E-state index in [1.807, 2.05) is 61.5 Å². The summed E-state index contributed by atoms with van der Waals surface area (Å²) in [5, 5.41) is 2.99. The number of anilines is 1. The van der Waals surface area contributed by atoms with Crippen LogP contribution in [0, 0.1) is 6.92 Å². The van der Waals surface area contributed by atoms with Gasteiger partial charge in [-0.05, 0) is 36.2 Å². The molecule has 1 amide bonds. The second kappa shape index (κ2) is 9.60. The molecule has 150 valence electrons. The lowest BCUT2D eigenvalue weighted by Gasteiger charge is -2.08. The fraction of sp³-hybridized carbons (Fsp3) is 0.0833. The molecule has 0 atom stereocenters. The molecule has 0 bridgehead atoms. The van der Waals surface area contributed by atoms with Gasteiger partial charge in [-0.3, -0.25) is 4.79 Å². The first kappa shape index (κ1) is 20.8. The molecule has 0 aliphatic carbocycles. The van der Waals surface area contributed by atoms with Crippen LogP contribution in [0.1, 0.15) is 5.56 Å². The Balaban J connectivity index is 1.53. The predicted molar refractivity (Wildman–Crippen MR) is 131 cm³/mol. The van der Waals surface area contributed by atoms with Gasteiger partial charge >= 0.3 is 0 Å². The first-order valence-corrected chi connectivity index (χ1v) is 12.0. The number of hydrogen-bond donors (Lipinski definition) is 1. The highest BCUT2D eigenvalue weighted by molar-refractivity contribution is 9.10. The smallest absolute Gasteiger partial charge is 0.234 e. The molecule has 3 aromatic carbocycles. The Morgan fingerprint density at radius 2 is 1.67 bits per heavy atom. The van der Waals surface area contributed by atoms with Gasteiger partial charge in [-0.25, -0.2) is 4.98 Å². The number of thioether (sulfide) groups is 1. The number of carbonyl (C=O) groups excluding carboxylic acids is 1. The number of aromatic nitrogens is 1. The van der Waals surface area contributed by atoms with Gasteiger partial charge in [0.25, 0.3) is 0 Å². The number of thiazole rings is 1. The Hall–Kier alpha value is -2.41. The van der Waals surface area contributed by atoms with Crippen molar-refractivity contribution in [2.24, 2.45) is 0 Å². The van der Waals surface area contributed by atoms with E-state index in [2.05, 4.69) is 45.5 Å². The van der Waals surface area contributed by atoms with Crippen molar-refractivity contribution in [2.45, 2.75) is 11.3 Å². The molecule has 4 aromatic rings. The highest BCUT2D eigenvalue weighted by atomic mass is 79.9. The van der Waals surface area contributed by atoms with E-state index in [9.17, 15) is 4.79 Å². The summed E-state index contributed by atoms with van der Waals surface area (Å²) < 4.78 is 1.88. The van der Waals surface area contributed by atoms with E-state index in [1.54, 1.807) is 11.3 Å². The fourth-order valence-electron chi connectivity index (χ4n) is 3.02. The van der Waals surface area contributed by atoms with Gasteiger partial charge in [-0.1, -0.05) is 88.4 Å². The molecule has 3 nitrogen and oxygen atoms in total. The van der Waals surface area contributed by atoms with E-state index in [-0.39, 0.29) is 5.91 Å². The van der Waals surface area contributed by atoms with Gasteiger partial charge in [0.05, 0.1) is 16.3 Å². The first-order valence-electron chi connectivity index (χ1n) is 9.40. The molecule has 0 radical (unpaired) electrons. The van der Waals surface area contributed by atoms with Crippen LogP contribution >= 0.6 is 39.0 Å². The summed E-state index contributed by atoms with van der Waals surface area (Å²) in [5.74, 6) is 0.272. The van der Waals surface area contributed by atoms with Gasteiger partial charge in [0.1, 0.15) is 0 Å². The van der Waals surface area contributed by atoms with Crippen molar-refractivity contribution in [3.05, 3.63) is 88.9 Å². The minimum atomic E-state index is -0.0388. The number of hydrogen-bond acceptors (Lipinski definition) is 4. The molecule has 0 aliphatic rings. The van der Waals surface area contributed by atoms with E-state index in [0.717, 1.165) is 41.8 Å². The van der Waals surface area contributed by atoms with Crippen molar-refractivity contribution in [3.63, 3.8) is 0 Å². The van der Waals surface area contributed by atoms with Crippen LogP contribution in [-0.4, -0.2) is 16.6 Å². The molecule has 0 saturated carbocycles. The fourth-order valence-corrected chi connectivity index (χ4v) is 5.47. The van der Waals surface area contributed by atoms with E-state index in [4.69, 9.17) is 4.98 Å². The van der Waals surface area contributed by atoms with Crippen LogP contribution < -0.4 is 5.32 Å². The molecule has 0 saturated heterocycles. The van der Waals surface area contributed by atoms with Crippen molar-refractivity contribution in [3.8, 4) is 21.7 Å². The minimum Gasteiger partial charge on any atom is -0.325 e. The zero-order valence-electron chi connectivity index (χ0n) is 16.3. The zero-order valence-corrected chi connectivity index (χ0v) is 19.5. The summed E-state index contributed by atoms with van der Waals surface area (Å²) in [6.07, 6.45) is 0. The number of amides is 1. The molecular formula is C24H19BrN2OS2. The Morgan fingerprint density at radius 1 is 1.00 bits per heavy atom. The van der Waals surface area contributed by atoms with Crippen LogP contribution in [0.15, 0.2) is 87.7 Å². The quantitative estimate of drug-likeness (QED) is 0.286. The molecular weight excluding hydrogens is 476 g/mol. The summed E-state index contributed by atoms with van der Waals surface area (Å²) in [5.41, 5.74) is 5.02. The topological polar surface area (TPSA) is 42.0 Å². The third-order valence-corrected chi connectivity index (χ3v) is 7.22. The maximum absolute atomic E-state index is 12.5. The number of nitrogens with zero attached hydrogens (tertiary/aromatic N) is 1. The van der Waals surface area contributed by atoms with Crippen molar-refractivity contribution >= 4 is 50.6 Å². The summed E-state index contributed by atoms with van der Waals surface area (Å²) in [6.45, 7) is 1.98. The molecule has 6 heteroatoms. The molecule has 0 fully saturated rings. The number of aryl methyl sites for hydroxylation is 1. The lowest BCUT2D eigenvalue weighted by molar-refractivity contribution is -0.113. The lowest BCUT2D eigenvalue weighted by atomic mass is 10.1. The zero-order chi connectivity index (χ0) is 20.9. The van der Waals surface area contributed by atoms with Crippen LogP contribution in [0.2, 0.25) is 0 Å².